The summed E-state index contributed by atoms with van der Waals surface area (Å²) in [5.41, 5.74) is 11.2. The van der Waals surface area contributed by atoms with Gasteiger partial charge in [-0.25, -0.2) is 28.7 Å². The van der Waals surface area contributed by atoms with E-state index < -0.39 is 22.8 Å². The van der Waals surface area contributed by atoms with Crippen LogP contribution in [0.1, 0.15) is 25.2 Å². The molecule has 344 valence electrons. The van der Waals surface area contributed by atoms with Crippen LogP contribution in [0, 0.1) is 25.5 Å². The van der Waals surface area contributed by atoms with Gasteiger partial charge in [0.1, 0.15) is 46.7 Å². The van der Waals surface area contributed by atoms with Crippen molar-refractivity contribution in [3.8, 4) is 11.4 Å². The van der Waals surface area contributed by atoms with Crippen molar-refractivity contribution in [1.29, 1.82) is 0 Å². The minimum atomic E-state index is -0.853. The van der Waals surface area contributed by atoms with Gasteiger partial charge in [-0.2, -0.15) is 0 Å². The smallest absolute Gasteiger partial charge is 0.282 e. The molecule has 4 N–H and O–H groups in total. The molecular formula is C44H42Cl4F2N12O4. The van der Waals surface area contributed by atoms with Crippen LogP contribution in [0.5, 0.6) is 0 Å². The summed E-state index contributed by atoms with van der Waals surface area (Å²) >= 11 is 24.1. The first-order chi connectivity index (χ1) is 31.3. The van der Waals surface area contributed by atoms with Crippen molar-refractivity contribution in [2.75, 3.05) is 60.5 Å². The molecule has 0 spiro atoms. The summed E-state index contributed by atoms with van der Waals surface area (Å²) in [5, 5.41) is 0.593. The molecule has 2 aliphatic rings. The van der Waals surface area contributed by atoms with Crippen LogP contribution < -0.4 is 32.4 Å². The number of piperazine rings is 2. The molecule has 2 saturated heterocycles. The van der Waals surface area contributed by atoms with Crippen LogP contribution in [0.2, 0.25) is 20.1 Å². The Bertz CT molecular complexity index is 2870. The zero-order valence-electron chi connectivity index (χ0n) is 36.0. The maximum atomic E-state index is 14.9. The minimum Gasteiger partial charge on any atom is -0.396 e. The van der Waals surface area contributed by atoms with E-state index in [1.807, 2.05) is 23.6 Å². The van der Waals surface area contributed by atoms with Crippen molar-refractivity contribution in [3.05, 3.63) is 126 Å². The third-order valence-electron chi connectivity index (χ3n) is 11.5. The second-order valence-corrected chi connectivity index (χ2v) is 17.3. The molecule has 2 fully saturated rings. The maximum Gasteiger partial charge on any atom is 0.282 e. The van der Waals surface area contributed by atoms with E-state index in [2.05, 4.69) is 33.1 Å². The van der Waals surface area contributed by atoms with Crippen LogP contribution in [0.4, 0.5) is 31.8 Å². The van der Waals surface area contributed by atoms with Gasteiger partial charge >= 0.3 is 0 Å². The lowest BCUT2D eigenvalue weighted by molar-refractivity contribution is -0.127. The van der Waals surface area contributed by atoms with E-state index in [9.17, 15) is 28.0 Å². The summed E-state index contributed by atoms with van der Waals surface area (Å²) in [6.45, 7) is 17.3. The molecule has 0 unspecified atom stereocenters. The van der Waals surface area contributed by atoms with Crippen LogP contribution in [-0.2, 0) is 9.59 Å². The van der Waals surface area contributed by atoms with Gasteiger partial charge in [0, 0.05) is 62.7 Å². The highest BCUT2D eigenvalue weighted by atomic mass is 35.5. The zero-order chi connectivity index (χ0) is 48.0. The number of anilines is 4. The number of halogens is 6. The van der Waals surface area contributed by atoms with Crippen molar-refractivity contribution in [3.63, 3.8) is 0 Å². The van der Waals surface area contributed by atoms with Crippen LogP contribution in [0.15, 0.2) is 71.8 Å². The standard InChI is InChI=1S/2C22H21Cl2FN6O2/c2*1-4-16(32)29-5-6-30(12(3)9-29)21-13-7-11(2)31(22(33)19(13)27-10-28-21)20-17(25)14(23)8-15(24)18(20)26/h2*4,7-8,10,12H,1,5-6,9,26H2,2-3H3/t2*12-/m00/s1. The van der Waals surface area contributed by atoms with Gasteiger partial charge in [0.25, 0.3) is 11.1 Å². The molecular weight excluding hydrogens is 940 g/mol. The van der Waals surface area contributed by atoms with Crippen LogP contribution >= 0.6 is 46.4 Å². The Morgan fingerprint density at radius 2 is 1.00 bits per heavy atom. The van der Waals surface area contributed by atoms with Gasteiger partial charge in [-0.05, 0) is 64.1 Å². The quantitative estimate of drug-likeness (QED) is 0.102. The third-order valence-corrected chi connectivity index (χ3v) is 12.7. The van der Waals surface area contributed by atoms with Gasteiger partial charge in [0.05, 0.1) is 42.2 Å². The Labute approximate surface area is 396 Å². The fraction of sp³-hybridized carbons (Fsp3) is 0.273. The number of amides is 2. The molecule has 2 amide bonds. The summed E-state index contributed by atoms with van der Waals surface area (Å²) < 4.78 is 32.1. The lowest BCUT2D eigenvalue weighted by atomic mass is 10.1. The molecule has 2 atom stereocenters. The molecule has 8 rings (SSSR count). The second-order valence-electron chi connectivity index (χ2n) is 15.7. The highest BCUT2D eigenvalue weighted by Gasteiger charge is 2.31. The highest BCUT2D eigenvalue weighted by molar-refractivity contribution is 6.37. The number of pyridine rings is 2. The van der Waals surface area contributed by atoms with Crippen LogP contribution in [0.25, 0.3) is 33.2 Å². The van der Waals surface area contributed by atoms with E-state index in [4.69, 9.17) is 57.9 Å². The predicted octanol–water partition coefficient (Wildman–Crippen LogP) is 6.68. The van der Waals surface area contributed by atoms with E-state index in [1.165, 1.54) is 36.9 Å². The van der Waals surface area contributed by atoms with Crippen molar-refractivity contribution in [2.24, 2.45) is 0 Å². The molecule has 6 heterocycles. The van der Waals surface area contributed by atoms with E-state index in [0.717, 1.165) is 9.13 Å². The Kier molecular flexibility index (Phi) is 13.6. The lowest BCUT2D eigenvalue weighted by Crippen LogP contribution is -2.53. The van der Waals surface area contributed by atoms with Gasteiger partial charge in [-0.15, -0.1) is 0 Å². The van der Waals surface area contributed by atoms with Crippen molar-refractivity contribution >= 4 is 103 Å². The molecule has 6 aromatic rings. The van der Waals surface area contributed by atoms with Crippen molar-refractivity contribution in [2.45, 2.75) is 39.8 Å². The first kappa shape index (κ1) is 47.6. The van der Waals surface area contributed by atoms with E-state index >= 15 is 0 Å². The number of nitrogens with two attached hydrogens (primary N) is 2. The Hall–Kier alpha value is -6.34. The van der Waals surface area contributed by atoms with Crippen LogP contribution in [-0.4, -0.2) is 102 Å². The number of aromatic nitrogens is 6. The monoisotopic (exact) mass is 980 g/mol. The number of hydrogen-bond donors (Lipinski definition) is 2. The number of nitrogen functional groups attached to an aromatic ring is 2. The number of aryl methyl sites for hydroxylation is 2. The molecule has 22 heteroatoms. The zero-order valence-corrected chi connectivity index (χ0v) is 39.0. The first-order valence-electron chi connectivity index (χ1n) is 20.3. The molecule has 0 bridgehead atoms. The molecule has 66 heavy (non-hydrogen) atoms. The normalized spacial score (nSPS) is 16.3. The SMILES string of the molecule is C=CC(=O)N1CCN(c2ncnc3c(=O)n(-c4c(N)c(Cl)cc(Cl)c4F)c(C)cc23)[C@@H](C)C1.C=CC(=O)N1CCN(c2ncnc3c(=O)n(-c4c(N)c(Cl)cc(Cl)c4F)c(C)cc23)[C@@H](C)C1. The third kappa shape index (κ3) is 8.49. The summed E-state index contributed by atoms with van der Waals surface area (Å²) in [6.07, 6.45) is 5.16. The summed E-state index contributed by atoms with van der Waals surface area (Å²) in [6, 6.07) is 5.65. The van der Waals surface area contributed by atoms with E-state index in [1.54, 1.807) is 35.8 Å². The van der Waals surface area contributed by atoms with E-state index in [-0.39, 0.29) is 77.8 Å². The summed E-state index contributed by atoms with van der Waals surface area (Å²) in [7, 11) is 0. The van der Waals surface area contributed by atoms with Gasteiger partial charge in [-0.1, -0.05) is 59.6 Å². The number of hydrogen-bond acceptors (Lipinski definition) is 12. The summed E-state index contributed by atoms with van der Waals surface area (Å²) in [5.74, 6) is -0.852. The number of carbonyl (C=O) groups excluding carboxylic acids is 2. The second kappa shape index (κ2) is 18.9. The van der Waals surface area contributed by atoms with Gasteiger partial charge in [0.15, 0.2) is 11.6 Å². The number of benzene rings is 2. The van der Waals surface area contributed by atoms with Gasteiger partial charge < -0.3 is 31.1 Å². The molecule has 2 aromatic carbocycles. The Morgan fingerprint density at radius 3 is 1.33 bits per heavy atom. The molecule has 0 radical (unpaired) electrons. The number of nitrogens with zero attached hydrogens (tertiary/aromatic N) is 10. The van der Waals surface area contributed by atoms with Gasteiger partial charge in [-0.3, -0.25) is 28.3 Å². The fourth-order valence-corrected chi connectivity index (χ4v) is 9.21. The fourth-order valence-electron chi connectivity index (χ4n) is 8.31. The first-order valence-corrected chi connectivity index (χ1v) is 21.8. The van der Waals surface area contributed by atoms with E-state index in [0.29, 0.717) is 73.1 Å². The molecule has 0 aliphatic carbocycles. The topological polar surface area (TPSA) is 195 Å². The number of fused-ring (bicyclic) bond motifs is 2. The van der Waals surface area contributed by atoms with Crippen LogP contribution in [0.3, 0.4) is 0 Å². The lowest BCUT2D eigenvalue weighted by Gasteiger charge is -2.40. The van der Waals surface area contributed by atoms with Crippen molar-refractivity contribution in [1.82, 2.24) is 38.9 Å². The minimum absolute atomic E-state index is 0.0342. The van der Waals surface area contributed by atoms with Crippen molar-refractivity contribution < 1.29 is 18.4 Å². The Morgan fingerprint density at radius 1 is 0.636 bits per heavy atom. The highest BCUT2D eigenvalue weighted by Crippen LogP contribution is 2.37. The average Bonchev–Trinajstić information content (AvgIpc) is 3.29. The largest absolute Gasteiger partial charge is 0.396 e. The summed E-state index contributed by atoms with van der Waals surface area (Å²) in [4.78, 5) is 75.5. The predicted molar refractivity (Wildman–Crippen MR) is 256 cm³/mol. The number of carbonyl (C=O) groups is 2. The average molecular weight is 983 g/mol. The Balaban J connectivity index is 0.000000196. The van der Waals surface area contributed by atoms with Gasteiger partial charge in [0.2, 0.25) is 11.8 Å². The molecule has 0 saturated carbocycles. The molecule has 2 aliphatic heterocycles. The molecule has 4 aromatic heterocycles. The number of rotatable bonds is 6. The molecule has 16 nitrogen and oxygen atoms in total. The maximum absolute atomic E-state index is 14.9.